The molecule has 0 amide bonds. The van der Waals surface area contributed by atoms with Crippen molar-refractivity contribution in [2.24, 2.45) is 0 Å². The quantitative estimate of drug-likeness (QED) is 0.570. The molecule has 1 heteroatoms. The van der Waals surface area contributed by atoms with Gasteiger partial charge in [0.25, 0.3) is 0 Å². The van der Waals surface area contributed by atoms with Crippen molar-refractivity contribution in [1.29, 1.82) is 0 Å². The Hall–Kier alpha value is -0.0400. The van der Waals surface area contributed by atoms with E-state index < -0.39 is 0 Å². The van der Waals surface area contributed by atoms with E-state index in [-0.39, 0.29) is 0 Å². The third kappa shape index (κ3) is 40.2. The predicted octanol–water partition coefficient (Wildman–Crippen LogP) is 3.40. The number of nitrogens with zero attached hydrogens (tertiary/aromatic N) is 1. The van der Waals surface area contributed by atoms with Crippen molar-refractivity contribution in [2.75, 3.05) is 14.1 Å². The average molecular weight is 161 g/mol. The average Bonchev–Trinajstić information content (AvgIpc) is 1.93. The van der Waals surface area contributed by atoms with Crippen molar-refractivity contribution in [3.05, 3.63) is 0 Å². The van der Waals surface area contributed by atoms with E-state index in [1.54, 1.807) is 0 Å². The Morgan fingerprint density at radius 3 is 1.09 bits per heavy atom. The fourth-order valence-corrected chi connectivity index (χ4v) is 0. The van der Waals surface area contributed by atoms with Crippen LogP contribution < -0.4 is 0 Å². The molecule has 0 atom stereocenters. The van der Waals surface area contributed by atoms with Crippen LogP contribution in [0.15, 0.2) is 0 Å². The molecule has 0 aliphatic carbocycles. The molecule has 0 fully saturated rings. The van der Waals surface area contributed by atoms with Gasteiger partial charge < -0.3 is 4.90 Å². The maximum atomic E-state index is 2.17. The first kappa shape index (κ1) is 17.2. The summed E-state index contributed by atoms with van der Waals surface area (Å²) < 4.78 is 0. The molecule has 0 aromatic heterocycles. The summed E-state index contributed by atoms with van der Waals surface area (Å²) in [6, 6.07) is 0.685. The van der Waals surface area contributed by atoms with Gasteiger partial charge in [-0.3, -0.25) is 0 Å². The molecule has 1 nitrogen and oxygen atoms in total. The van der Waals surface area contributed by atoms with Crippen LogP contribution in [0.5, 0.6) is 0 Å². The number of rotatable bonds is 1. The van der Waals surface area contributed by atoms with Crippen molar-refractivity contribution in [3.63, 3.8) is 0 Å². The third-order valence-electron chi connectivity index (χ3n) is 1.03. The van der Waals surface area contributed by atoms with E-state index in [1.165, 1.54) is 6.42 Å². The molecule has 72 valence electrons. The van der Waals surface area contributed by atoms with Gasteiger partial charge in [-0.1, -0.05) is 34.1 Å². The van der Waals surface area contributed by atoms with E-state index >= 15 is 0 Å². The van der Waals surface area contributed by atoms with Crippen molar-refractivity contribution in [2.45, 2.75) is 54.0 Å². The maximum Gasteiger partial charge on any atom is 0.00324 e. The van der Waals surface area contributed by atoms with Crippen molar-refractivity contribution >= 4 is 0 Å². The third-order valence-corrected chi connectivity index (χ3v) is 1.03. The van der Waals surface area contributed by atoms with E-state index in [1.807, 2.05) is 13.8 Å². The highest BCUT2D eigenvalue weighted by Gasteiger charge is 1.90. The molecule has 0 aliphatic heterocycles. The van der Waals surface area contributed by atoms with Crippen LogP contribution in [0.1, 0.15) is 48.0 Å². The normalized spacial score (nSPS) is 8.18. The molecule has 0 aromatic rings. The van der Waals surface area contributed by atoms with Gasteiger partial charge in [0.15, 0.2) is 0 Å². The molecule has 0 N–H and O–H groups in total. The molecular weight excluding hydrogens is 134 g/mol. The van der Waals surface area contributed by atoms with Crippen LogP contribution in [-0.2, 0) is 0 Å². The van der Waals surface area contributed by atoms with Gasteiger partial charge in [-0.15, -0.1) is 0 Å². The summed E-state index contributed by atoms with van der Waals surface area (Å²) >= 11 is 0. The molecule has 0 unspecified atom stereocenters. The predicted molar refractivity (Wildman–Crippen MR) is 56.1 cm³/mol. The molecule has 0 heterocycles. The van der Waals surface area contributed by atoms with Gasteiger partial charge >= 0.3 is 0 Å². The molecule has 0 aliphatic rings. The van der Waals surface area contributed by atoms with Crippen LogP contribution >= 0.6 is 0 Å². The molecule has 0 rings (SSSR count). The minimum absolute atomic E-state index is 0.685. The Kier molecular flexibility index (Phi) is 25.7. The van der Waals surface area contributed by atoms with Crippen molar-refractivity contribution in [3.8, 4) is 0 Å². The minimum atomic E-state index is 0.685. The van der Waals surface area contributed by atoms with Crippen molar-refractivity contribution in [1.82, 2.24) is 4.90 Å². The van der Waals surface area contributed by atoms with Crippen LogP contribution in [0.25, 0.3) is 0 Å². The standard InChI is InChI=1S/C5H13N.C3H8.C2H6/c1-5(2)6(3)4;1-3-2;1-2/h5H,1-4H3;3H2,1-2H3;1-2H3. The van der Waals surface area contributed by atoms with E-state index in [0.29, 0.717) is 6.04 Å². The minimum Gasteiger partial charge on any atom is -0.307 e. The summed E-state index contributed by atoms with van der Waals surface area (Å²) in [5, 5.41) is 0. The lowest BCUT2D eigenvalue weighted by Crippen LogP contribution is -2.20. The summed E-state index contributed by atoms with van der Waals surface area (Å²) in [7, 11) is 4.15. The maximum absolute atomic E-state index is 2.17. The van der Waals surface area contributed by atoms with Crippen LogP contribution in [0.2, 0.25) is 0 Å². The van der Waals surface area contributed by atoms with Crippen LogP contribution in [-0.4, -0.2) is 25.0 Å². The Labute approximate surface area is 73.8 Å². The van der Waals surface area contributed by atoms with Gasteiger partial charge in [-0.2, -0.15) is 0 Å². The van der Waals surface area contributed by atoms with Gasteiger partial charge in [0, 0.05) is 6.04 Å². The van der Waals surface area contributed by atoms with Crippen LogP contribution in [0.4, 0.5) is 0 Å². The van der Waals surface area contributed by atoms with Crippen molar-refractivity contribution < 1.29 is 0 Å². The molecule has 0 saturated heterocycles. The monoisotopic (exact) mass is 161 g/mol. The Balaban J connectivity index is -0.000000109. The summed E-state index contributed by atoms with van der Waals surface area (Å²) in [5.74, 6) is 0. The summed E-state index contributed by atoms with van der Waals surface area (Å²) in [6.45, 7) is 12.6. The topological polar surface area (TPSA) is 3.24 Å². The van der Waals surface area contributed by atoms with Gasteiger partial charge in [0.05, 0.1) is 0 Å². The highest BCUT2D eigenvalue weighted by Crippen LogP contribution is 1.84. The first-order chi connectivity index (χ1) is 5.06. The molecule has 0 spiro atoms. The second-order valence-corrected chi connectivity index (χ2v) is 2.76. The van der Waals surface area contributed by atoms with E-state index in [0.717, 1.165) is 0 Å². The van der Waals surface area contributed by atoms with E-state index in [4.69, 9.17) is 0 Å². The number of hydrogen-bond donors (Lipinski definition) is 0. The zero-order valence-electron chi connectivity index (χ0n) is 9.73. The number of hydrogen-bond acceptors (Lipinski definition) is 1. The lowest BCUT2D eigenvalue weighted by atomic mass is 10.4. The fraction of sp³-hybridized carbons (Fsp3) is 1.00. The summed E-state index contributed by atoms with van der Waals surface area (Å²) in [5.41, 5.74) is 0. The molecule has 0 saturated carbocycles. The van der Waals surface area contributed by atoms with Crippen LogP contribution in [0, 0.1) is 0 Å². The van der Waals surface area contributed by atoms with E-state index in [2.05, 4.69) is 46.7 Å². The zero-order chi connectivity index (χ0) is 9.86. The molecule has 0 radical (unpaired) electrons. The van der Waals surface area contributed by atoms with E-state index in [9.17, 15) is 0 Å². The Morgan fingerprint density at radius 2 is 1.09 bits per heavy atom. The van der Waals surface area contributed by atoms with Gasteiger partial charge in [0.1, 0.15) is 0 Å². The Morgan fingerprint density at radius 1 is 1.00 bits per heavy atom. The second kappa shape index (κ2) is 16.5. The lowest BCUT2D eigenvalue weighted by Gasteiger charge is -2.12. The molecular formula is C10H27N. The first-order valence-corrected chi connectivity index (χ1v) is 4.72. The van der Waals surface area contributed by atoms with Gasteiger partial charge in [-0.25, -0.2) is 0 Å². The second-order valence-electron chi connectivity index (χ2n) is 2.76. The highest BCUT2D eigenvalue weighted by molar-refractivity contribution is 4.46. The van der Waals surface area contributed by atoms with Gasteiger partial charge in [0.2, 0.25) is 0 Å². The molecule has 0 bridgehead atoms. The summed E-state index contributed by atoms with van der Waals surface area (Å²) in [4.78, 5) is 2.17. The molecule has 0 aromatic carbocycles. The Bertz CT molecular complexity index is 34.1. The van der Waals surface area contributed by atoms with Crippen LogP contribution in [0.3, 0.4) is 0 Å². The largest absolute Gasteiger partial charge is 0.307 e. The lowest BCUT2D eigenvalue weighted by molar-refractivity contribution is 0.335. The SMILES string of the molecule is CC.CC(C)N(C)C.CCC. The first-order valence-electron chi connectivity index (χ1n) is 4.72. The van der Waals surface area contributed by atoms with Gasteiger partial charge in [-0.05, 0) is 27.9 Å². The smallest absolute Gasteiger partial charge is 0.00324 e. The highest BCUT2D eigenvalue weighted by atomic mass is 15.1. The molecule has 11 heavy (non-hydrogen) atoms. The zero-order valence-corrected chi connectivity index (χ0v) is 9.73. The fourth-order valence-electron chi connectivity index (χ4n) is 0. The summed E-state index contributed by atoms with van der Waals surface area (Å²) in [6.07, 6.45) is 1.25.